The summed E-state index contributed by atoms with van der Waals surface area (Å²) in [5.41, 5.74) is 0.792. The van der Waals surface area contributed by atoms with E-state index in [0.29, 0.717) is 25.0 Å². The minimum absolute atomic E-state index is 0.215. The van der Waals surface area contributed by atoms with Gasteiger partial charge in [0.15, 0.2) is 4.60 Å². The summed E-state index contributed by atoms with van der Waals surface area (Å²) in [6.45, 7) is 7.10. The Hall–Kier alpha value is -1.11. The second-order valence-electron chi connectivity index (χ2n) is 7.18. The SMILES string of the molecule is CC(C)(C)OC(=O)N1CCC(n2nnc(Br)c2C2CC2)CC1. The van der Waals surface area contributed by atoms with Gasteiger partial charge in [0, 0.05) is 19.0 Å². The highest BCUT2D eigenvalue weighted by Crippen LogP contribution is 2.44. The molecule has 0 aromatic carbocycles. The van der Waals surface area contributed by atoms with Gasteiger partial charge >= 0.3 is 6.09 Å². The first-order valence-corrected chi connectivity index (χ1v) is 8.73. The fourth-order valence-corrected chi connectivity index (χ4v) is 3.46. The lowest BCUT2D eigenvalue weighted by molar-refractivity contribution is 0.0183. The number of likely N-dealkylation sites (tertiary alicyclic amines) is 1. The molecule has 122 valence electrons. The van der Waals surface area contributed by atoms with Crippen molar-refractivity contribution in [1.82, 2.24) is 19.9 Å². The number of hydrogen-bond acceptors (Lipinski definition) is 4. The van der Waals surface area contributed by atoms with E-state index in [9.17, 15) is 4.79 Å². The van der Waals surface area contributed by atoms with Crippen LogP contribution in [0.2, 0.25) is 0 Å². The van der Waals surface area contributed by atoms with Gasteiger partial charge in [-0.2, -0.15) is 0 Å². The highest BCUT2D eigenvalue weighted by molar-refractivity contribution is 9.10. The van der Waals surface area contributed by atoms with Crippen LogP contribution in [0.15, 0.2) is 4.60 Å². The van der Waals surface area contributed by atoms with E-state index in [-0.39, 0.29) is 6.09 Å². The van der Waals surface area contributed by atoms with Gasteiger partial charge in [-0.25, -0.2) is 9.48 Å². The van der Waals surface area contributed by atoms with E-state index in [4.69, 9.17) is 4.74 Å². The third kappa shape index (κ3) is 3.45. The normalized spacial score (nSPS) is 20.3. The lowest BCUT2D eigenvalue weighted by Crippen LogP contribution is -2.42. The first-order chi connectivity index (χ1) is 10.3. The predicted molar refractivity (Wildman–Crippen MR) is 85.8 cm³/mol. The summed E-state index contributed by atoms with van der Waals surface area (Å²) in [5.74, 6) is 0.605. The van der Waals surface area contributed by atoms with Gasteiger partial charge in [0.2, 0.25) is 0 Å². The van der Waals surface area contributed by atoms with Crippen LogP contribution in [-0.4, -0.2) is 44.7 Å². The number of ether oxygens (including phenoxy) is 1. The maximum Gasteiger partial charge on any atom is 0.410 e. The molecule has 7 heteroatoms. The van der Waals surface area contributed by atoms with Gasteiger partial charge in [0.1, 0.15) is 5.60 Å². The van der Waals surface area contributed by atoms with Gasteiger partial charge in [-0.3, -0.25) is 0 Å². The van der Waals surface area contributed by atoms with Crippen molar-refractivity contribution in [3.8, 4) is 0 Å². The van der Waals surface area contributed by atoms with E-state index < -0.39 is 5.60 Å². The Morgan fingerprint density at radius 1 is 1.23 bits per heavy atom. The molecule has 0 atom stereocenters. The summed E-state index contributed by atoms with van der Waals surface area (Å²) in [5, 5.41) is 8.50. The molecule has 0 bridgehead atoms. The Balaban J connectivity index is 1.61. The average molecular weight is 371 g/mol. The summed E-state index contributed by atoms with van der Waals surface area (Å²) in [7, 11) is 0. The third-order valence-corrected chi connectivity index (χ3v) is 4.68. The molecule has 1 aliphatic heterocycles. The quantitative estimate of drug-likeness (QED) is 0.799. The molecule has 2 fully saturated rings. The van der Waals surface area contributed by atoms with Crippen LogP contribution in [-0.2, 0) is 4.74 Å². The number of nitrogens with zero attached hydrogens (tertiary/aromatic N) is 4. The lowest BCUT2D eigenvalue weighted by Gasteiger charge is -2.33. The molecular weight excluding hydrogens is 348 g/mol. The van der Waals surface area contributed by atoms with E-state index in [2.05, 4.69) is 30.9 Å². The highest BCUT2D eigenvalue weighted by Gasteiger charge is 2.34. The number of carbonyl (C=O) groups is 1. The Morgan fingerprint density at radius 2 is 1.86 bits per heavy atom. The van der Waals surface area contributed by atoms with Gasteiger partial charge in [-0.1, -0.05) is 5.21 Å². The first kappa shape index (κ1) is 15.8. The monoisotopic (exact) mass is 370 g/mol. The van der Waals surface area contributed by atoms with Gasteiger partial charge in [-0.15, -0.1) is 5.10 Å². The van der Waals surface area contributed by atoms with Crippen LogP contribution >= 0.6 is 15.9 Å². The molecule has 1 saturated heterocycles. The second kappa shape index (κ2) is 5.83. The molecule has 1 aromatic rings. The smallest absolute Gasteiger partial charge is 0.410 e. The van der Waals surface area contributed by atoms with Crippen molar-refractivity contribution < 1.29 is 9.53 Å². The Morgan fingerprint density at radius 3 is 2.41 bits per heavy atom. The molecule has 0 spiro atoms. The highest BCUT2D eigenvalue weighted by atomic mass is 79.9. The van der Waals surface area contributed by atoms with Crippen molar-refractivity contribution in [2.75, 3.05) is 13.1 Å². The molecule has 6 nitrogen and oxygen atoms in total. The molecule has 0 unspecified atom stereocenters. The molecule has 1 aliphatic carbocycles. The van der Waals surface area contributed by atoms with Crippen LogP contribution in [0.5, 0.6) is 0 Å². The number of hydrogen-bond donors (Lipinski definition) is 0. The summed E-state index contributed by atoms with van der Waals surface area (Å²) < 4.78 is 8.40. The predicted octanol–water partition coefficient (Wildman–Crippen LogP) is 3.49. The van der Waals surface area contributed by atoms with Crippen molar-refractivity contribution in [2.24, 2.45) is 0 Å². The van der Waals surface area contributed by atoms with Gasteiger partial charge < -0.3 is 9.64 Å². The van der Waals surface area contributed by atoms with Crippen LogP contribution in [0.1, 0.15) is 64.1 Å². The maximum atomic E-state index is 12.1. The van der Waals surface area contributed by atoms with Crippen LogP contribution in [0.4, 0.5) is 4.79 Å². The first-order valence-electron chi connectivity index (χ1n) is 7.93. The van der Waals surface area contributed by atoms with Gasteiger partial charge in [0.25, 0.3) is 0 Å². The van der Waals surface area contributed by atoms with Crippen LogP contribution in [0.3, 0.4) is 0 Å². The molecule has 1 saturated carbocycles. The largest absolute Gasteiger partial charge is 0.444 e. The van der Waals surface area contributed by atoms with E-state index in [0.717, 1.165) is 17.4 Å². The lowest BCUT2D eigenvalue weighted by atomic mass is 10.0. The van der Waals surface area contributed by atoms with E-state index in [1.807, 2.05) is 20.8 Å². The number of rotatable bonds is 2. The van der Waals surface area contributed by atoms with E-state index in [1.54, 1.807) is 4.90 Å². The van der Waals surface area contributed by atoms with Crippen molar-refractivity contribution in [3.05, 3.63) is 10.3 Å². The Kier molecular flexibility index (Phi) is 4.18. The van der Waals surface area contributed by atoms with E-state index >= 15 is 0 Å². The molecule has 1 aromatic heterocycles. The zero-order chi connectivity index (χ0) is 15.9. The minimum atomic E-state index is -0.441. The Bertz CT molecular complexity index is 554. The average Bonchev–Trinajstić information content (AvgIpc) is 3.20. The zero-order valence-electron chi connectivity index (χ0n) is 13.4. The summed E-state index contributed by atoms with van der Waals surface area (Å²) in [4.78, 5) is 13.9. The molecule has 22 heavy (non-hydrogen) atoms. The number of halogens is 1. The third-order valence-electron chi connectivity index (χ3n) is 4.11. The molecular formula is C15H23BrN4O2. The zero-order valence-corrected chi connectivity index (χ0v) is 15.0. The number of piperidine rings is 1. The molecule has 3 rings (SSSR count). The second-order valence-corrected chi connectivity index (χ2v) is 7.93. The molecule has 2 heterocycles. The maximum absolute atomic E-state index is 12.1. The van der Waals surface area contributed by atoms with Gasteiger partial charge in [-0.05, 0) is 62.4 Å². The van der Waals surface area contributed by atoms with Crippen LogP contribution in [0, 0.1) is 0 Å². The van der Waals surface area contributed by atoms with E-state index in [1.165, 1.54) is 18.5 Å². The summed E-state index contributed by atoms with van der Waals surface area (Å²) >= 11 is 3.51. The number of amides is 1. The summed E-state index contributed by atoms with van der Waals surface area (Å²) in [6.07, 6.45) is 4.03. The molecule has 2 aliphatic rings. The van der Waals surface area contributed by atoms with Crippen LogP contribution in [0.25, 0.3) is 0 Å². The standard InChI is InChI=1S/C15H23BrN4O2/c1-15(2,3)22-14(21)19-8-6-11(7-9-19)20-12(10-4-5-10)13(16)17-18-20/h10-11H,4-9H2,1-3H3. The minimum Gasteiger partial charge on any atom is -0.444 e. The summed E-state index contributed by atoms with van der Waals surface area (Å²) in [6, 6.07) is 0.327. The number of carbonyl (C=O) groups excluding carboxylic acids is 1. The topological polar surface area (TPSA) is 60.2 Å². The molecule has 0 N–H and O–H groups in total. The Labute approximate surface area is 139 Å². The molecule has 0 radical (unpaired) electrons. The van der Waals surface area contributed by atoms with Crippen molar-refractivity contribution in [2.45, 2.75) is 64.0 Å². The fraction of sp³-hybridized carbons (Fsp3) is 0.800. The van der Waals surface area contributed by atoms with Gasteiger partial charge in [0.05, 0.1) is 11.7 Å². The number of aromatic nitrogens is 3. The fourth-order valence-electron chi connectivity index (χ4n) is 2.88. The van der Waals surface area contributed by atoms with Crippen molar-refractivity contribution in [3.63, 3.8) is 0 Å². The van der Waals surface area contributed by atoms with Crippen molar-refractivity contribution in [1.29, 1.82) is 0 Å². The molecule has 1 amide bonds. The van der Waals surface area contributed by atoms with Crippen molar-refractivity contribution >= 4 is 22.0 Å². The van der Waals surface area contributed by atoms with Crippen LogP contribution < -0.4 is 0 Å².